The Labute approximate surface area is 136 Å². The lowest BCUT2D eigenvalue weighted by Crippen LogP contribution is -2.45. The molecule has 1 atom stereocenters. The number of nitrogens with zero attached hydrogens (tertiary/aromatic N) is 1. The van der Waals surface area contributed by atoms with Crippen LogP contribution in [0.25, 0.3) is 0 Å². The van der Waals surface area contributed by atoms with Gasteiger partial charge in [0.25, 0.3) is 0 Å². The summed E-state index contributed by atoms with van der Waals surface area (Å²) in [5.74, 6) is -0.461. The first-order valence-electron chi connectivity index (χ1n) is 7.63. The first kappa shape index (κ1) is 17.1. The molecule has 0 bridgehead atoms. The van der Waals surface area contributed by atoms with E-state index in [-0.39, 0.29) is 12.5 Å². The summed E-state index contributed by atoms with van der Waals surface area (Å²) in [5.41, 5.74) is 0.554. The Morgan fingerprint density at radius 3 is 2.48 bits per heavy atom. The van der Waals surface area contributed by atoms with Crippen LogP contribution >= 0.6 is 0 Å². The second-order valence-corrected chi connectivity index (χ2v) is 6.83. The van der Waals surface area contributed by atoms with Gasteiger partial charge in [-0.25, -0.2) is 9.59 Å². The molecule has 0 aromatic heterocycles. The first-order valence-corrected chi connectivity index (χ1v) is 7.63. The number of aliphatic carboxylic acids is 1. The molecule has 1 aliphatic heterocycles. The minimum absolute atomic E-state index is 0.0413. The van der Waals surface area contributed by atoms with Crippen LogP contribution < -0.4 is 9.64 Å². The van der Waals surface area contributed by atoms with E-state index in [2.05, 4.69) is 0 Å². The van der Waals surface area contributed by atoms with Gasteiger partial charge in [0.05, 0.1) is 11.8 Å². The van der Waals surface area contributed by atoms with Gasteiger partial charge in [0.15, 0.2) is 0 Å². The van der Waals surface area contributed by atoms with Crippen molar-refractivity contribution < 1.29 is 24.2 Å². The van der Waals surface area contributed by atoms with Gasteiger partial charge >= 0.3 is 12.1 Å². The standard InChI is InChI=1S/C17H23NO5/c1-10(2)22-14-8-6-7-12-11(14)9-13(15(19)20)18(12)16(21)23-17(3,4)5/h6-8,10,13H,9H2,1-5H3,(H,19,20). The number of ether oxygens (including phenoxy) is 2. The van der Waals surface area contributed by atoms with Crippen LogP contribution in [0, 0.1) is 0 Å². The lowest BCUT2D eigenvalue weighted by Gasteiger charge is -2.27. The maximum absolute atomic E-state index is 12.5. The predicted molar refractivity (Wildman–Crippen MR) is 86.0 cm³/mol. The number of amides is 1. The Hall–Kier alpha value is -2.24. The predicted octanol–water partition coefficient (Wildman–Crippen LogP) is 3.22. The zero-order valence-electron chi connectivity index (χ0n) is 14.1. The van der Waals surface area contributed by atoms with Crippen LogP contribution in [-0.2, 0) is 16.0 Å². The van der Waals surface area contributed by atoms with E-state index in [1.165, 1.54) is 4.90 Å². The van der Waals surface area contributed by atoms with Crippen LogP contribution in [-0.4, -0.2) is 34.9 Å². The van der Waals surface area contributed by atoms with Crippen LogP contribution in [0.1, 0.15) is 40.2 Å². The molecule has 0 saturated carbocycles. The summed E-state index contributed by atoms with van der Waals surface area (Å²) in [7, 11) is 0. The average Bonchev–Trinajstić information content (AvgIpc) is 2.76. The molecule has 1 aromatic rings. The number of fused-ring (bicyclic) bond motifs is 1. The second kappa shape index (κ2) is 6.10. The molecular weight excluding hydrogens is 298 g/mol. The third kappa shape index (κ3) is 3.75. The van der Waals surface area contributed by atoms with Crippen LogP contribution in [0.2, 0.25) is 0 Å². The summed E-state index contributed by atoms with van der Waals surface area (Å²) >= 11 is 0. The monoisotopic (exact) mass is 321 g/mol. The van der Waals surface area contributed by atoms with Crippen molar-refractivity contribution in [2.75, 3.05) is 4.90 Å². The number of anilines is 1. The highest BCUT2D eigenvalue weighted by Crippen LogP contribution is 2.39. The Bertz CT molecular complexity index is 618. The number of hydrogen-bond donors (Lipinski definition) is 1. The van der Waals surface area contributed by atoms with Gasteiger partial charge in [0.1, 0.15) is 17.4 Å². The molecule has 1 N–H and O–H groups in total. The van der Waals surface area contributed by atoms with Crippen LogP contribution in [0.15, 0.2) is 18.2 Å². The van der Waals surface area contributed by atoms with Crippen molar-refractivity contribution in [3.63, 3.8) is 0 Å². The molecule has 0 spiro atoms. The summed E-state index contributed by atoms with van der Waals surface area (Å²) in [6.45, 7) is 9.03. The number of carboxylic acid groups (broad SMARTS) is 1. The summed E-state index contributed by atoms with van der Waals surface area (Å²) in [6.07, 6.45) is -0.502. The van der Waals surface area contributed by atoms with Gasteiger partial charge in [-0.3, -0.25) is 4.90 Å². The Kier molecular flexibility index (Phi) is 4.54. The van der Waals surface area contributed by atoms with E-state index >= 15 is 0 Å². The third-order valence-electron chi connectivity index (χ3n) is 3.31. The van der Waals surface area contributed by atoms with Crippen molar-refractivity contribution in [2.45, 2.75) is 58.8 Å². The number of carbonyl (C=O) groups excluding carboxylic acids is 1. The zero-order chi connectivity index (χ0) is 17.4. The number of carboxylic acids is 1. The van der Waals surface area contributed by atoms with Crippen molar-refractivity contribution in [3.8, 4) is 5.75 Å². The summed E-state index contributed by atoms with van der Waals surface area (Å²) in [6, 6.07) is 4.26. The van der Waals surface area contributed by atoms with Gasteiger partial charge in [-0.1, -0.05) is 6.07 Å². The smallest absolute Gasteiger partial charge is 0.415 e. The largest absolute Gasteiger partial charge is 0.491 e. The number of rotatable bonds is 3. The molecule has 0 radical (unpaired) electrons. The highest BCUT2D eigenvalue weighted by atomic mass is 16.6. The normalized spacial score (nSPS) is 17.1. The van der Waals surface area contributed by atoms with Crippen molar-refractivity contribution in [1.29, 1.82) is 0 Å². The zero-order valence-corrected chi connectivity index (χ0v) is 14.1. The molecule has 2 rings (SSSR count). The van der Waals surface area contributed by atoms with Gasteiger partial charge in [0.2, 0.25) is 0 Å². The number of benzene rings is 1. The molecule has 6 nitrogen and oxygen atoms in total. The second-order valence-electron chi connectivity index (χ2n) is 6.83. The minimum atomic E-state index is -1.07. The summed E-state index contributed by atoms with van der Waals surface area (Å²) in [4.78, 5) is 25.3. The first-order chi connectivity index (χ1) is 10.6. The van der Waals surface area contributed by atoms with Crippen molar-refractivity contribution in [1.82, 2.24) is 0 Å². The number of carbonyl (C=O) groups is 2. The molecule has 1 aliphatic rings. The molecule has 1 heterocycles. The van der Waals surface area contributed by atoms with E-state index in [0.29, 0.717) is 11.4 Å². The lowest BCUT2D eigenvalue weighted by atomic mass is 10.1. The molecule has 1 unspecified atom stereocenters. The molecule has 0 aliphatic carbocycles. The Balaban J connectivity index is 2.42. The van der Waals surface area contributed by atoms with Gasteiger partial charge in [0, 0.05) is 12.0 Å². The maximum Gasteiger partial charge on any atom is 0.415 e. The van der Waals surface area contributed by atoms with E-state index in [4.69, 9.17) is 9.47 Å². The fourth-order valence-corrected chi connectivity index (χ4v) is 2.54. The number of hydrogen-bond acceptors (Lipinski definition) is 4. The summed E-state index contributed by atoms with van der Waals surface area (Å²) < 4.78 is 11.1. The molecule has 126 valence electrons. The SMILES string of the molecule is CC(C)Oc1cccc2c1CC(C(=O)O)N2C(=O)OC(C)(C)C. The van der Waals surface area contributed by atoms with Gasteiger partial charge in [-0.15, -0.1) is 0 Å². The van der Waals surface area contributed by atoms with Crippen LogP contribution in [0.4, 0.5) is 10.5 Å². The quantitative estimate of drug-likeness (QED) is 0.925. The van der Waals surface area contributed by atoms with Gasteiger partial charge in [-0.2, -0.15) is 0 Å². The molecule has 1 amide bonds. The fourth-order valence-electron chi connectivity index (χ4n) is 2.54. The van der Waals surface area contributed by atoms with Crippen molar-refractivity contribution in [3.05, 3.63) is 23.8 Å². The molecule has 6 heteroatoms. The molecule has 0 saturated heterocycles. The highest BCUT2D eigenvalue weighted by Gasteiger charge is 2.42. The van der Waals surface area contributed by atoms with Crippen LogP contribution in [0.3, 0.4) is 0 Å². The maximum atomic E-state index is 12.5. The van der Waals surface area contributed by atoms with E-state index in [0.717, 1.165) is 5.56 Å². The Morgan fingerprint density at radius 1 is 1.30 bits per heavy atom. The molecule has 0 fully saturated rings. The lowest BCUT2D eigenvalue weighted by molar-refractivity contribution is -0.138. The fraction of sp³-hybridized carbons (Fsp3) is 0.529. The Morgan fingerprint density at radius 2 is 1.96 bits per heavy atom. The molecular formula is C17H23NO5. The van der Waals surface area contributed by atoms with Crippen molar-refractivity contribution >= 4 is 17.7 Å². The third-order valence-corrected chi connectivity index (χ3v) is 3.31. The van der Waals surface area contributed by atoms with E-state index in [1.807, 2.05) is 13.8 Å². The molecule has 1 aromatic carbocycles. The van der Waals surface area contributed by atoms with E-state index in [9.17, 15) is 14.7 Å². The minimum Gasteiger partial charge on any atom is -0.491 e. The van der Waals surface area contributed by atoms with Crippen molar-refractivity contribution in [2.24, 2.45) is 0 Å². The van der Waals surface area contributed by atoms with Gasteiger partial charge in [-0.05, 0) is 46.8 Å². The highest BCUT2D eigenvalue weighted by molar-refractivity contribution is 5.99. The van der Waals surface area contributed by atoms with Gasteiger partial charge < -0.3 is 14.6 Å². The molecule has 23 heavy (non-hydrogen) atoms. The van der Waals surface area contributed by atoms with Crippen LogP contribution in [0.5, 0.6) is 5.75 Å². The van der Waals surface area contributed by atoms with E-state index in [1.54, 1.807) is 39.0 Å². The topological polar surface area (TPSA) is 76.1 Å². The average molecular weight is 321 g/mol. The summed E-state index contributed by atoms with van der Waals surface area (Å²) in [5, 5.41) is 9.49. The van der Waals surface area contributed by atoms with E-state index < -0.39 is 23.7 Å².